The summed E-state index contributed by atoms with van der Waals surface area (Å²) in [6.45, 7) is 5.82. The number of benzene rings is 1. The molecule has 0 radical (unpaired) electrons. The molecule has 1 unspecified atom stereocenters. The molecule has 84 valence electrons. The fourth-order valence-corrected chi connectivity index (χ4v) is 2.74. The molecule has 0 aliphatic carbocycles. The second kappa shape index (κ2) is 4.36. The third kappa shape index (κ3) is 2.31. The molecule has 3 heteroatoms. The first-order valence-electron chi connectivity index (χ1n) is 5.15. The van der Waals surface area contributed by atoms with E-state index in [1.807, 2.05) is 13.0 Å². The molecule has 0 aliphatic rings. The number of hydrogen-bond donors (Lipinski definition) is 1. The second-order valence-electron chi connectivity index (χ2n) is 4.10. The van der Waals surface area contributed by atoms with E-state index < -0.39 is 0 Å². The zero-order chi connectivity index (χ0) is 11.7. The van der Waals surface area contributed by atoms with Gasteiger partial charge >= 0.3 is 0 Å². The molecule has 1 heterocycles. The summed E-state index contributed by atoms with van der Waals surface area (Å²) in [5, 5.41) is 0.928. The maximum Gasteiger partial charge on any atom is 0.123 e. The molecular formula is C13H14FNS. The maximum atomic E-state index is 13.0. The van der Waals surface area contributed by atoms with Gasteiger partial charge in [-0.3, -0.25) is 0 Å². The number of fused-ring (bicyclic) bond motifs is 1. The number of rotatable bonds is 3. The zero-order valence-corrected chi connectivity index (χ0v) is 9.98. The quantitative estimate of drug-likeness (QED) is 0.799. The average Bonchev–Trinajstić information content (AvgIpc) is 2.59. The first-order chi connectivity index (χ1) is 7.56. The third-order valence-corrected chi connectivity index (χ3v) is 3.68. The fraction of sp³-hybridized carbons (Fsp3) is 0.231. The summed E-state index contributed by atoms with van der Waals surface area (Å²) in [6, 6.07) is 6.76. The lowest BCUT2D eigenvalue weighted by molar-refractivity contribution is 0.630. The Labute approximate surface area is 98.4 Å². The van der Waals surface area contributed by atoms with Gasteiger partial charge in [0.25, 0.3) is 0 Å². The smallest absolute Gasteiger partial charge is 0.123 e. The van der Waals surface area contributed by atoms with E-state index in [4.69, 9.17) is 5.73 Å². The van der Waals surface area contributed by atoms with Crippen molar-refractivity contribution in [2.75, 3.05) is 0 Å². The van der Waals surface area contributed by atoms with Gasteiger partial charge in [0, 0.05) is 15.6 Å². The van der Waals surface area contributed by atoms with E-state index in [9.17, 15) is 4.39 Å². The summed E-state index contributed by atoms with van der Waals surface area (Å²) in [4.78, 5) is 1.09. The Morgan fingerprint density at radius 2 is 2.25 bits per heavy atom. The van der Waals surface area contributed by atoms with E-state index in [0.29, 0.717) is 0 Å². The van der Waals surface area contributed by atoms with E-state index in [1.165, 1.54) is 6.07 Å². The largest absolute Gasteiger partial charge is 0.323 e. The highest BCUT2D eigenvalue weighted by Gasteiger charge is 2.10. The topological polar surface area (TPSA) is 26.0 Å². The number of hydrogen-bond acceptors (Lipinski definition) is 2. The highest BCUT2D eigenvalue weighted by atomic mass is 32.1. The normalized spacial score (nSPS) is 12.9. The van der Waals surface area contributed by atoms with Gasteiger partial charge in [-0.2, -0.15) is 0 Å². The van der Waals surface area contributed by atoms with Gasteiger partial charge < -0.3 is 5.73 Å². The van der Waals surface area contributed by atoms with Crippen LogP contribution in [0.5, 0.6) is 0 Å². The zero-order valence-electron chi connectivity index (χ0n) is 9.16. The molecule has 0 saturated heterocycles. The van der Waals surface area contributed by atoms with Crippen molar-refractivity contribution in [2.24, 2.45) is 5.73 Å². The van der Waals surface area contributed by atoms with Gasteiger partial charge in [0.05, 0.1) is 0 Å². The Bertz CT molecular complexity index is 530. The van der Waals surface area contributed by atoms with Crippen LogP contribution in [-0.4, -0.2) is 0 Å². The molecule has 2 N–H and O–H groups in total. The molecule has 0 bridgehead atoms. The summed E-state index contributed by atoms with van der Waals surface area (Å²) in [7, 11) is 0. The van der Waals surface area contributed by atoms with E-state index in [1.54, 1.807) is 23.5 Å². The van der Waals surface area contributed by atoms with Crippen LogP contribution >= 0.6 is 11.3 Å². The molecule has 0 amide bonds. The van der Waals surface area contributed by atoms with Crippen LogP contribution in [0, 0.1) is 5.82 Å². The number of nitrogens with two attached hydrogens (primary N) is 1. The highest BCUT2D eigenvalue weighted by molar-refractivity contribution is 7.19. The van der Waals surface area contributed by atoms with Crippen molar-refractivity contribution >= 4 is 21.4 Å². The van der Waals surface area contributed by atoms with Crippen LogP contribution in [0.25, 0.3) is 10.1 Å². The van der Waals surface area contributed by atoms with E-state index in [2.05, 4.69) is 6.58 Å². The van der Waals surface area contributed by atoms with Crippen LogP contribution in [0.4, 0.5) is 4.39 Å². The molecular weight excluding hydrogens is 221 g/mol. The Morgan fingerprint density at radius 1 is 1.50 bits per heavy atom. The second-order valence-corrected chi connectivity index (χ2v) is 5.21. The molecule has 0 fully saturated rings. The lowest BCUT2D eigenvalue weighted by atomic mass is 10.1. The van der Waals surface area contributed by atoms with Crippen molar-refractivity contribution in [3.8, 4) is 0 Å². The van der Waals surface area contributed by atoms with Crippen molar-refractivity contribution in [2.45, 2.75) is 19.4 Å². The van der Waals surface area contributed by atoms with Gasteiger partial charge in [0.1, 0.15) is 5.82 Å². The van der Waals surface area contributed by atoms with Crippen LogP contribution < -0.4 is 5.73 Å². The van der Waals surface area contributed by atoms with Gasteiger partial charge in [0.2, 0.25) is 0 Å². The van der Waals surface area contributed by atoms with E-state index in [-0.39, 0.29) is 11.9 Å². The number of halogens is 1. The fourth-order valence-electron chi connectivity index (χ4n) is 1.69. The lowest BCUT2D eigenvalue weighted by Gasteiger charge is -2.07. The minimum atomic E-state index is -0.203. The molecule has 1 atom stereocenters. The van der Waals surface area contributed by atoms with Gasteiger partial charge in [0.15, 0.2) is 0 Å². The average molecular weight is 235 g/mol. The van der Waals surface area contributed by atoms with Crippen molar-refractivity contribution in [3.05, 3.63) is 47.1 Å². The summed E-state index contributed by atoms with van der Waals surface area (Å²) in [6.07, 6.45) is 0.773. The van der Waals surface area contributed by atoms with E-state index in [0.717, 1.165) is 27.0 Å². The van der Waals surface area contributed by atoms with Gasteiger partial charge in [-0.05, 0) is 43.0 Å². The molecule has 0 aliphatic heterocycles. The van der Waals surface area contributed by atoms with Crippen LogP contribution in [0.2, 0.25) is 0 Å². The van der Waals surface area contributed by atoms with Crippen LogP contribution in [0.15, 0.2) is 36.4 Å². The predicted octanol–water partition coefficient (Wildman–Crippen LogP) is 4.01. The van der Waals surface area contributed by atoms with Crippen molar-refractivity contribution in [3.63, 3.8) is 0 Å². The molecule has 0 saturated carbocycles. The monoisotopic (exact) mass is 235 g/mol. The molecule has 0 spiro atoms. The van der Waals surface area contributed by atoms with E-state index >= 15 is 0 Å². The highest BCUT2D eigenvalue weighted by Crippen LogP contribution is 2.31. The molecule has 2 rings (SSSR count). The summed E-state index contributed by atoms with van der Waals surface area (Å²) in [5.74, 6) is -0.203. The van der Waals surface area contributed by atoms with Crippen LogP contribution in [0.3, 0.4) is 0 Å². The summed E-state index contributed by atoms with van der Waals surface area (Å²) >= 11 is 1.62. The molecule has 1 nitrogen and oxygen atoms in total. The minimum Gasteiger partial charge on any atom is -0.323 e. The maximum absolute atomic E-state index is 13.0. The standard InChI is InChI=1S/C13H14FNS/c1-8(2)5-11(15)13-7-9-6-10(14)3-4-12(9)16-13/h3-4,6-7,11H,1,5,15H2,2H3. The summed E-state index contributed by atoms with van der Waals surface area (Å²) < 4.78 is 14.1. The Balaban J connectivity index is 2.35. The van der Waals surface area contributed by atoms with Crippen molar-refractivity contribution < 1.29 is 4.39 Å². The predicted molar refractivity (Wildman–Crippen MR) is 68.1 cm³/mol. The Hall–Kier alpha value is -1.19. The first-order valence-corrected chi connectivity index (χ1v) is 5.97. The van der Waals surface area contributed by atoms with Gasteiger partial charge in [-0.15, -0.1) is 17.9 Å². The molecule has 16 heavy (non-hydrogen) atoms. The van der Waals surface area contributed by atoms with Crippen molar-refractivity contribution in [1.82, 2.24) is 0 Å². The van der Waals surface area contributed by atoms with Gasteiger partial charge in [-0.25, -0.2) is 4.39 Å². The molecule has 2 aromatic rings. The van der Waals surface area contributed by atoms with Crippen molar-refractivity contribution in [1.29, 1.82) is 0 Å². The van der Waals surface area contributed by atoms with Crippen LogP contribution in [-0.2, 0) is 0 Å². The first kappa shape index (κ1) is 11.3. The summed E-state index contributed by atoms with van der Waals surface area (Å²) in [5.41, 5.74) is 7.12. The third-order valence-electron chi connectivity index (χ3n) is 2.43. The SMILES string of the molecule is C=C(C)CC(N)c1cc2cc(F)ccc2s1. The minimum absolute atomic E-state index is 0.0297. The lowest BCUT2D eigenvalue weighted by Crippen LogP contribution is -2.08. The van der Waals surface area contributed by atoms with Gasteiger partial charge in [-0.1, -0.05) is 5.57 Å². The molecule has 1 aromatic carbocycles. The number of thiophene rings is 1. The Morgan fingerprint density at radius 3 is 2.94 bits per heavy atom. The molecule has 1 aromatic heterocycles. The van der Waals surface area contributed by atoms with Crippen LogP contribution in [0.1, 0.15) is 24.3 Å². The Kier molecular flexibility index (Phi) is 3.08.